The zero-order valence-corrected chi connectivity index (χ0v) is 17.8. The van der Waals surface area contributed by atoms with Gasteiger partial charge in [0.2, 0.25) is 0 Å². The van der Waals surface area contributed by atoms with E-state index in [-0.39, 0.29) is 0 Å². The molecule has 1 N–H and O–H groups in total. The number of likely N-dealkylation sites (tertiary alicyclic amines) is 2. The third-order valence-electron chi connectivity index (χ3n) is 6.17. The second-order valence-corrected chi connectivity index (χ2v) is 8.14. The molecular weight excluding hydrogens is 348 g/mol. The Kier molecular flexibility index (Phi) is 8.46. The van der Waals surface area contributed by atoms with Crippen molar-refractivity contribution in [3.63, 3.8) is 0 Å². The number of benzene rings is 1. The molecule has 5 nitrogen and oxygen atoms in total. The molecule has 3 rings (SSSR count). The number of unbranched alkanes of at least 4 members (excludes halogenated alkanes) is 2. The van der Waals surface area contributed by atoms with Crippen LogP contribution in [0.25, 0.3) is 0 Å². The van der Waals surface area contributed by atoms with Gasteiger partial charge in [-0.25, -0.2) is 0 Å². The number of piperidine rings is 1. The van der Waals surface area contributed by atoms with E-state index in [2.05, 4.69) is 44.4 Å². The van der Waals surface area contributed by atoms with Crippen molar-refractivity contribution in [2.45, 2.75) is 50.9 Å². The highest BCUT2D eigenvalue weighted by Gasteiger charge is 2.25. The average molecular weight is 387 g/mol. The van der Waals surface area contributed by atoms with Crippen molar-refractivity contribution >= 4 is 5.96 Å². The Morgan fingerprint density at radius 2 is 1.86 bits per heavy atom. The summed E-state index contributed by atoms with van der Waals surface area (Å²) in [6.45, 7) is 7.05. The lowest BCUT2D eigenvalue weighted by molar-refractivity contribution is 0.224. The van der Waals surface area contributed by atoms with Gasteiger partial charge in [-0.3, -0.25) is 4.99 Å². The van der Waals surface area contributed by atoms with Gasteiger partial charge >= 0.3 is 0 Å². The molecular formula is C23H38N4O. The SMILES string of the molecule is CN=C(NCCCCCN1CCCCC1)N1CCC(c2ccc(OC)cc2)C1. The number of aliphatic imine (C=N–C) groups is 1. The summed E-state index contributed by atoms with van der Waals surface area (Å²) in [4.78, 5) is 9.56. The predicted molar refractivity (Wildman–Crippen MR) is 117 cm³/mol. The minimum absolute atomic E-state index is 0.578. The van der Waals surface area contributed by atoms with Crippen LogP contribution in [0.2, 0.25) is 0 Å². The Labute approximate surface area is 171 Å². The van der Waals surface area contributed by atoms with Crippen molar-refractivity contribution < 1.29 is 4.74 Å². The molecule has 1 aromatic rings. The number of methoxy groups -OCH3 is 1. The summed E-state index contributed by atoms with van der Waals surface area (Å²) in [6, 6.07) is 8.53. The van der Waals surface area contributed by atoms with E-state index in [9.17, 15) is 0 Å². The van der Waals surface area contributed by atoms with Crippen molar-refractivity contribution in [3.8, 4) is 5.75 Å². The molecule has 1 atom stereocenters. The second kappa shape index (κ2) is 11.3. The van der Waals surface area contributed by atoms with Crippen LogP contribution in [-0.2, 0) is 0 Å². The number of nitrogens with one attached hydrogen (secondary N) is 1. The van der Waals surface area contributed by atoms with Gasteiger partial charge in [0, 0.05) is 32.6 Å². The highest BCUT2D eigenvalue weighted by Crippen LogP contribution is 2.28. The van der Waals surface area contributed by atoms with Gasteiger partial charge in [0.1, 0.15) is 5.75 Å². The summed E-state index contributed by atoms with van der Waals surface area (Å²) in [5.41, 5.74) is 1.40. The standard InChI is InChI=1S/C23H38N4O/c1-24-23(25-14-5-3-6-15-26-16-7-4-8-17-26)27-18-13-21(19-27)20-9-11-22(28-2)12-10-20/h9-12,21H,3-8,13-19H2,1-2H3,(H,24,25). The van der Waals surface area contributed by atoms with Crippen LogP contribution in [0.4, 0.5) is 0 Å². The van der Waals surface area contributed by atoms with Crippen LogP contribution in [0.3, 0.4) is 0 Å². The van der Waals surface area contributed by atoms with E-state index in [1.807, 2.05) is 7.05 Å². The molecule has 0 amide bonds. The Bertz CT molecular complexity index is 595. The third kappa shape index (κ3) is 6.13. The molecule has 0 aromatic heterocycles. The van der Waals surface area contributed by atoms with Crippen molar-refractivity contribution in [2.24, 2.45) is 4.99 Å². The number of rotatable bonds is 8. The fourth-order valence-electron chi connectivity index (χ4n) is 4.45. The van der Waals surface area contributed by atoms with Crippen molar-refractivity contribution in [1.29, 1.82) is 0 Å². The van der Waals surface area contributed by atoms with E-state index in [0.29, 0.717) is 5.92 Å². The molecule has 2 saturated heterocycles. The molecule has 28 heavy (non-hydrogen) atoms. The van der Waals surface area contributed by atoms with Gasteiger partial charge < -0.3 is 19.9 Å². The van der Waals surface area contributed by atoms with Gasteiger partial charge in [-0.15, -0.1) is 0 Å². The quantitative estimate of drug-likeness (QED) is 0.420. The zero-order valence-electron chi connectivity index (χ0n) is 17.8. The second-order valence-electron chi connectivity index (χ2n) is 8.14. The van der Waals surface area contributed by atoms with Crippen LogP contribution in [0.5, 0.6) is 5.75 Å². The van der Waals surface area contributed by atoms with Crippen molar-refractivity contribution in [3.05, 3.63) is 29.8 Å². The first-order chi connectivity index (χ1) is 13.8. The first-order valence-electron chi connectivity index (χ1n) is 11.1. The van der Waals surface area contributed by atoms with E-state index in [0.717, 1.165) is 31.3 Å². The molecule has 0 saturated carbocycles. The van der Waals surface area contributed by atoms with Crippen LogP contribution in [-0.4, -0.2) is 69.2 Å². The van der Waals surface area contributed by atoms with E-state index in [1.165, 1.54) is 70.1 Å². The Morgan fingerprint density at radius 1 is 1.07 bits per heavy atom. The number of guanidine groups is 1. The van der Waals surface area contributed by atoms with E-state index in [4.69, 9.17) is 4.74 Å². The molecule has 2 fully saturated rings. The first-order valence-corrected chi connectivity index (χ1v) is 11.1. The van der Waals surface area contributed by atoms with Gasteiger partial charge in [0.15, 0.2) is 5.96 Å². The maximum absolute atomic E-state index is 5.27. The fourth-order valence-corrected chi connectivity index (χ4v) is 4.45. The lowest BCUT2D eigenvalue weighted by Gasteiger charge is -2.26. The average Bonchev–Trinajstić information content (AvgIpc) is 3.24. The van der Waals surface area contributed by atoms with Crippen LogP contribution >= 0.6 is 0 Å². The molecule has 2 aliphatic rings. The summed E-state index contributed by atoms with van der Waals surface area (Å²) in [6.07, 6.45) is 9.25. The topological polar surface area (TPSA) is 40.1 Å². The minimum atomic E-state index is 0.578. The normalized spacial score (nSPS) is 21.1. The molecule has 2 heterocycles. The van der Waals surface area contributed by atoms with Gasteiger partial charge in [0.25, 0.3) is 0 Å². The number of hydrogen-bond acceptors (Lipinski definition) is 3. The zero-order chi connectivity index (χ0) is 19.6. The highest BCUT2D eigenvalue weighted by molar-refractivity contribution is 5.80. The first kappa shape index (κ1) is 21.0. The Balaban J connectivity index is 1.33. The molecule has 5 heteroatoms. The van der Waals surface area contributed by atoms with Crippen LogP contribution in [0.15, 0.2) is 29.3 Å². The predicted octanol–water partition coefficient (Wildman–Crippen LogP) is 3.72. The highest BCUT2D eigenvalue weighted by atomic mass is 16.5. The van der Waals surface area contributed by atoms with Crippen molar-refractivity contribution in [2.75, 3.05) is 53.4 Å². The van der Waals surface area contributed by atoms with Crippen LogP contribution in [0, 0.1) is 0 Å². The maximum Gasteiger partial charge on any atom is 0.193 e. The Hall–Kier alpha value is -1.75. The van der Waals surface area contributed by atoms with Crippen LogP contribution in [0.1, 0.15) is 56.4 Å². The fraction of sp³-hybridized carbons (Fsp3) is 0.696. The molecule has 156 valence electrons. The monoisotopic (exact) mass is 386 g/mol. The van der Waals surface area contributed by atoms with Crippen LogP contribution < -0.4 is 10.1 Å². The Morgan fingerprint density at radius 3 is 2.57 bits per heavy atom. The third-order valence-corrected chi connectivity index (χ3v) is 6.17. The van der Waals surface area contributed by atoms with Gasteiger partial charge in [-0.05, 0) is 69.4 Å². The molecule has 0 radical (unpaired) electrons. The van der Waals surface area contributed by atoms with Gasteiger partial charge in [-0.1, -0.05) is 25.0 Å². The largest absolute Gasteiger partial charge is 0.497 e. The van der Waals surface area contributed by atoms with E-state index < -0.39 is 0 Å². The lowest BCUT2D eigenvalue weighted by atomic mass is 9.98. The number of nitrogens with zero attached hydrogens (tertiary/aromatic N) is 3. The lowest BCUT2D eigenvalue weighted by Crippen LogP contribution is -2.40. The minimum Gasteiger partial charge on any atom is -0.497 e. The summed E-state index contributed by atoms with van der Waals surface area (Å²) in [5.74, 6) is 2.57. The van der Waals surface area contributed by atoms with Gasteiger partial charge in [-0.2, -0.15) is 0 Å². The van der Waals surface area contributed by atoms with E-state index >= 15 is 0 Å². The number of hydrogen-bond donors (Lipinski definition) is 1. The summed E-state index contributed by atoms with van der Waals surface area (Å²) >= 11 is 0. The molecule has 0 aliphatic carbocycles. The van der Waals surface area contributed by atoms with Crippen molar-refractivity contribution in [1.82, 2.24) is 15.1 Å². The van der Waals surface area contributed by atoms with Gasteiger partial charge in [0.05, 0.1) is 7.11 Å². The summed E-state index contributed by atoms with van der Waals surface area (Å²) in [5, 5.41) is 3.58. The molecule has 1 aromatic carbocycles. The maximum atomic E-state index is 5.27. The van der Waals surface area contributed by atoms with E-state index in [1.54, 1.807) is 7.11 Å². The summed E-state index contributed by atoms with van der Waals surface area (Å²) in [7, 11) is 3.62. The number of ether oxygens (including phenoxy) is 1. The molecule has 0 spiro atoms. The molecule has 2 aliphatic heterocycles. The smallest absolute Gasteiger partial charge is 0.193 e. The molecule has 1 unspecified atom stereocenters. The summed E-state index contributed by atoms with van der Waals surface area (Å²) < 4.78 is 5.27. The molecule has 0 bridgehead atoms.